The molecule has 1 fully saturated rings. The van der Waals surface area contributed by atoms with Gasteiger partial charge in [-0.05, 0) is 35.4 Å². The van der Waals surface area contributed by atoms with Crippen molar-refractivity contribution in [3.05, 3.63) is 65.2 Å². The number of benzene rings is 2. The molecule has 2 aromatic carbocycles. The van der Waals surface area contributed by atoms with Crippen LogP contribution in [0.1, 0.15) is 21.5 Å². The lowest BCUT2D eigenvalue weighted by Crippen LogP contribution is -2.38. The molecule has 0 bridgehead atoms. The first kappa shape index (κ1) is 18.3. The normalized spacial score (nSPS) is 14.1. The molecular formula is C20H22N2O3S. The summed E-state index contributed by atoms with van der Waals surface area (Å²) in [6.45, 7) is 2.24. The quantitative estimate of drug-likeness (QED) is 0.818. The third kappa shape index (κ3) is 5.02. The largest absolute Gasteiger partial charge is 0.478 e. The van der Waals surface area contributed by atoms with Gasteiger partial charge in [0.15, 0.2) is 0 Å². The van der Waals surface area contributed by atoms with Crippen molar-refractivity contribution in [2.75, 3.05) is 29.9 Å². The number of aromatic carboxylic acids is 1. The predicted octanol–water partition coefficient (Wildman–Crippen LogP) is 3.11. The number of carboxylic acid groups (broad SMARTS) is 1. The van der Waals surface area contributed by atoms with Gasteiger partial charge < -0.3 is 15.3 Å². The van der Waals surface area contributed by atoms with Crippen molar-refractivity contribution in [3.63, 3.8) is 0 Å². The van der Waals surface area contributed by atoms with Crippen LogP contribution in [-0.4, -0.2) is 46.5 Å². The standard InChI is InChI=1S/C20H22N2O3S/c23-19(22-8-10-26-11-9-22)13-15-4-6-18(7-5-15)21-14-16-2-1-3-17(12-16)20(24)25/h1-7,12,21H,8-11,13-14H2,(H,24,25). The number of amides is 1. The van der Waals surface area contributed by atoms with E-state index in [1.165, 1.54) is 0 Å². The van der Waals surface area contributed by atoms with Gasteiger partial charge in [-0.15, -0.1) is 0 Å². The lowest BCUT2D eigenvalue weighted by Gasteiger charge is -2.26. The van der Waals surface area contributed by atoms with Crippen molar-refractivity contribution in [3.8, 4) is 0 Å². The fourth-order valence-corrected chi connectivity index (χ4v) is 3.76. The monoisotopic (exact) mass is 370 g/mol. The molecule has 0 aliphatic carbocycles. The molecule has 1 aliphatic rings. The molecule has 0 saturated carbocycles. The van der Waals surface area contributed by atoms with Gasteiger partial charge in [0.25, 0.3) is 0 Å². The number of carboxylic acids is 1. The minimum absolute atomic E-state index is 0.191. The van der Waals surface area contributed by atoms with Gasteiger partial charge in [0.1, 0.15) is 0 Å². The Labute approximate surface area is 157 Å². The number of hydrogen-bond acceptors (Lipinski definition) is 4. The fraction of sp³-hybridized carbons (Fsp3) is 0.300. The van der Waals surface area contributed by atoms with E-state index < -0.39 is 5.97 Å². The zero-order valence-electron chi connectivity index (χ0n) is 14.5. The molecule has 3 rings (SSSR count). The van der Waals surface area contributed by atoms with Crippen molar-refractivity contribution in [1.82, 2.24) is 4.90 Å². The molecule has 0 radical (unpaired) electrons. The van der Waals surface area contributed by atoms with Gasteiger partial charge in [-0.2, -0.15) is 11.8 Å². The summed E-state index contributed by atoms with van der Waals surface area (Å²) in [7, 11) is 0. The number of anilines is 1. The van der Waals surface area contributed by atoms with Gasteiger partial charge in [0, 0.05) is 36.8 Å². The fourth-order valence-electron chi connectivity index (χ4n) is 2.86. The van der Waals surface area contributed by atoms with Crippen molar-refractivity contribution < 1.29 is 14.7 Å². The van der Waals surface area contributed by atoms with Gasteiger partial charge in [-0.25, -0.2) is 4.79 Å². The van der Waals surface area contributed by atoms with E-state index in [2.05, 4.69) is 5.32 Å². The zero-order chi connectivity index (χ0) is 18.4. The summed E-state index contributed by atoms with van der Waals surface area (Å²) in [5.74, 6) is 1.32. The maximum atomic E-state index is 12.3. The lowest BCUT2D eigenvalue weighted by molar-refractivity contribution is -0.130. The van der Waals surface area contributed by atoms with Crippen LogP contribution >= 0.6 is 11.8 Å². The molecule has 1 amide bonds. The highest BCUT2D eigenvalue weighted by Crippen LogP contribution is 2.15. The third-order valence-corrected chi connectivity index (χ3v) is 5.29. The molecular weight excluding hydrogens is 348 g/mol. The Balaban J connectivity index is 1.53. The summed E-state index contributed by atoms with van der Waals surface area (Å²) in [6, 6.07) is 14.7. The first-order valence-electron chi connectivity index (χ1n) is 8.62. The predicted molar refractivity (Wildman–Crippen MR) is 105 cm³/mol. The summed E-state index contributed by atoms with van der Waals surface area (Å²) in [4.78, 5) is 25.3. The Morgan fingerprint density at radius 1 is 1.04 bits per heavy atom. The first-order chi connectivity index (χ1) is 12.6. The number of thioether (sulfide) groups is 1. The topological polar surface area (TPSA) is 69.6 Å². The molecule has 136 valence electrons. The molecule has 5 nitrogen and oxygen atoms in total. The van der Waals surface area contributed by atoms with Crippen LogP contribution in [0.5, 0.6) is 0 Å². The number of carbonyl (C=O) groups excluding carboxylic acids is 1. The first-order valence-corrected chi connectivity index (χ1v) is 9.78. The molecule has 1 aliphatic heterocycles. The molecule has 6 heteroatoms. The van der Waals surface area contributed by atoms with Crippen LogP contribution in [0.4, 0.5) is 5.69 Å². The second-order valence-electron chi connectivity index (χ2n) is 6.23. The molecule has 0 atom stereocenters. The average Bonchev–Trinajstić information content (AvgIpc) is 2.68. The summed E-state index contributed by atoms with van der Waals surface area (Å²) < 4.78 is 0. The van der Waals surface area contributed by atoms with Crippen molar-refractivity contribution in [2.24, 2.45) is 0 Å². The van der Waals surface area contributed by atoms with Crippen molar-refractivity contribution >= 4 is 29.3 Å². The van der Waals surface area contributed by atoms with Crippen LogP contribution in [0.25, 0.3) is 0 Å². The van der Waals surface area contributed by atoms with Crippen LogP contribution in [0.15, 0.2) is 48.5 Å². The summed E-state index contributed by atoms with van der Waals surface area (Å²) in [5, 5.41) is 12.3. The molecule has 0 unspecified atom stereocenters. The molecule has 2 aromatic rings. The zero-order valence-corrected chi connectivity index (χ0v) is 15.3. The third-order valence-electron chi connectivity index (χ3n) is 4.34. The van der Waals surface area contributed by atoms with Gasteiger partial charge >= 0.3 is 5.97 Å². The van der Waals surface area contributed by atoms with E-state index in [1.807, 2.05) is 47.0 Å². The molecule has 0 aromatic heterocycles. The maximum Gasteiger partial charge on any atom is 0.335 e. The SMILES string of the molecule is O=C(O)c1cccc(CNc2ccc(CC(=O)N3CCSCC3)cc2)c1. The molecule has 1 saturated heterocycles. The van der Waals surface area contributed by atoms with Crippen LogP contribution in [0.2, 0.25) is 0 Å². The van der Waals surface area contributed by atoms with E-state index in [9.17, 15) is 9.59 Å². The molecule has 2 N–H and O–H groups in total. The van der Waals surface area contributed by atoms with E-state index >= 15 is 0 Å². The Hall–Kier alpha value is -2.47. The molecule has 0 spiro atoms. The number of hydrogen-bond donors (Lipinski definition) is 2. The highest BCUT2D eigenvalue weighted by Gasteiger charge is 2.16. The highest BCUT2D eigenvalue weighted by molar-refractivity contribution is 7.99. The van der Waals surface area contributed by atoms with E-state index in [-0.39, 0.29) is 11.5 Å². The van der Waals surface area contributed by atoms with Crippen molar-refractivity contribution in [2.45, 2.75) is 13.0 Å². The Morgan fingerprint density at radius 2 is 1.77 bits per heavy atom. The minimum atomic E-state index is -0.923. The van der Waals surface area contributed by atoms with Gasteiger partial charge in [-0.3, -0.25) is 4.79 Å². The summed E-state index contributed by atoms with van der Waals surface area (Å²) >= 11 is 1.90. The second kappa shape index (κ2) is 8.76. The maximum absolute atomic E-state index is 12.3. The van der Waals surface area contributed by atoms with Gasteiger partial charge in [0.05, 0.1) is 12.0 Å². The number of rotatable bonds is 6. The molecule has 26 heavy (non-hydrogen) atoms. The lowest BCUT2D eigenvalue weighted by atomic mass is 10.1. The number of nitrogens with zero attached hydrogens (tertiary/aromatic N) is 1. The number of carbonyl (C=O) groups is 2. The van der Waals surface area contributed by atoms with Crippen LogP contribution in [0, 0.1) is 0 Å². The Kier molecular flexibility index (Phi) is 6.17. The van der Waals surface area contributed by atoms with Crippen LogP contribution in [0.3, 0.4) is 0 Å². The van der Waals surface area contributed by atoms with E-state index in [4.69, 9.17) is 5.11 Å². The minimum Gasteiger partial charge on any atom is -0.478 e. The second-order valence-corrected chi connectivity index (χ2v) is 7.45. The van der Waals surface area contributed by atoms with Crippen molar-refractivity contribution in [1.29, 1.82) is 0 Å². The van der Waals surface area contributed by atoms with Gasteiger partial charge in [0.2, 0.25) is 5.91 Å². The van der Waals surface area contributed by atoms with E-state index in [0.29, 0.717) is 13.0 Å². The Morgan fingerprint density at radius 3 is 2.46 bits per heavy atom. The average molecular weight is 370 g/mol. The van der Waals surface area contributed by atoms with Crippen LogP contribution in [-0.2, 0) is 17.8 Å². The number of nitrogens with one attached hydrogen (secondary N) is 1. The Bertz CT molecular complexity index is 771. The summed E-state index contributed by atoms with van der Waals surface area (Å²) in [5.41, 5.74) is 3.14. The summed E-state index contributed by atoms with van der Waals surface area (Å²) in [6.07, 6.45) is 0.436. The smallest absolute Gasteiger partial charge is 0.335 e. The van der Waals surface area contributed by atoms with E-state index in [1.54, 1.807) is 18.2 Å². The highest BCUT2D eigenvalue weighted by atomic mass is 32.2. The molecule has 1 heterocycles. The van der Waals surface area contributed by atoms with Gasteiger partial charge in [-0.1, -0.05) is 24.3 Å². The van der Waals surface area contributed by atoms with Crippen LogP contribution < -0.4 is 5.32 Å². The van der Waals surface area contributed by atoms with E-state index in [0.717, 1.165) is 41.4 Å².